The van der Waals surface area contributed by atoms with Crippen molar-refractivity contribution in [2.24, 2.45) is 0 Å². The van der Waals surface area contributed by atoms with Crippen LogP contribution in [-0.4, -0.2) is 23.3 Å². The molecule has 1 aliphatic heterocycles. The molecular formula is C18H24N2O. The third-order valence-corrected chi connectivity index (χ3v) is 4.47. The minimum atomic E-state index is 0.120. The molecule has 1 saturated heterocycles. The zero-order valence-corrected chi connectivity index (χ0v) is 13.1. The predicted octanol–water partition coefficient (Wildman–Crippen LogP) is 3.36. The highest BCUT2D eigenvalue weighted by Crippen LogP contribution is 2.23. The van der Waals surface area contributed by atoms with Crippen molar-refractivity contribution in [2.45, 2.75) is 39.3 Å². The molecule has 3 nitrogen and oxygen atoms in total. The van der Waals surface area contributed by atoms with Crippen molar-refractivity contribution in [1.29, 1.82) is 0 Å². The molecule has 1 aromatic carbocycles. The highest BCUT2D eigenvalue weighted by molar-refractivity contribution is 5.40. The number of rotatable bonds is 4. The summed E-state index contributed by atoms with van der Waals surface area (Å²) in [6.07, 6.45) is 1.09. The Bertz CT molecular complexity index is 610. The monoisotopic (exact) mass is 284 g/mol. The molecule has 0 radical (unpaired) electrons. The lowest BCUT2D eigenvalue weighted by molar-refractivity contribution is 0.171. The lowest BCUT2D eigenvalue weighted by atomic mass is 10.0. The van der Waals surface area contributed by atoms with Crippen LogP contribution in [0.2, 0.25) is 0 Å². The Morgan fingerprint density at radius 2 is 2.00 bits per heavy atom. The lowest BCUT2D eigenvalue weighted by Gasteiger charge is -2.23. The Balaban J connectivity index is 1.81. The van der Waals surface area contributed by atoms with Gasteiger partial charge in [0.25, 0.3) is 0 Å². The minimum absolute atomic E-state index is 0.120. The molecule has 1 aliphatic rings. The number of hydrogen-bond donors (Lipinski definition) is 1. The van der Waals surface area contributed by atoms with Gasteiger partial charge in [-0.2, -0.15) is 0 Å². The standard InChI is InChI=1S/C18H24N2O/c1-14-11-16(12-19-18(3)9-10-21-13-18)15(2)20(14)17-7-5-4-6-8-17/h4-8,11,19H,9-10,12-13H2,1-3H3. The molecule has 112 valence electrons. The Hall–Kier alpha value is -1.58. The van der Waals surface area contributed by atoms with Gasteiger partial charge >= 0.3 is 0 Å². The first kappa shape index (κ1) is 14.4. The third-order valence-electron chi connectivity index (χ3n) is 4.47. The number of aromatic nitrogens is 1. The normalized spacial score (nSPS) is 21.9. The molecule has 0 spiro atoms. The maximum Gasteiger partial charge on any atom is 0.0646 e. The van der Waals surface area contributed by atoms with Crippen LogP contribution in [0.15, 0.2) is 36.4 Å². The molecule has 3 heteroatoms. The van der Waals surface area contributed by atoms with E-state index >= 15 is 0 Å². The number of nitrogens with zero attached hydrogens (tertiary/aromatic N) is 1. The van der Waals surface area contributed by atoms with Crippen LogP contribution in [0, 0.1) is 13.8 Å². The summed E-state index contributed by atoms with van der Waals surface area (Å²) in [5.41, 5.74) is 5.31. The average molecular weight is 284 g/mol. The number of benzene rings is 1. The maximum atomic E-state index is 5.51. The molecule has 1 fully saturated rings. The second-order valence-corrected chi connectivity index (χ2v) is 6.28. The molecule has 1 aromatic heterocycles. The van der Waals surface area contributed by atoms with E-state index in [0.29, 0.717) is 0 Å². The van der Waals surface area contributed by atoms with Gasteiger partial charge in [-0.25, -0.2) is 0 Å². The maximum absolute atomic E-state index is 5.51. The number of ether oxygens (including phenoxy) is 1. The molecule has 0 aliphatic carbocycles. The van der Waals surface area contributed by atoms with Gasteiger partial charge in [0.15, 0.2) is 0 Å². The van der Waals surface area contributed by atoms with Crippen LogP contribution in [0.25, 0.3) is 5.69 Å². The van der Waals surface area contributed by atoms with Crippen LogP contribution in [0.1, 0.15) is 30.3 Å². The van der Waals surface area contributed by atoms with Crippen molar-refractivity contribution in [2.75, 3.05) is 13.2 Å². The molecule has 1 unspecified atom stereocenters. The third kappa shape index (κ3) is 2.89. The lowest BCUT2D eigenvalue weighted by Crippen LogP contribution is -2.42. The summed E-state index contributed by atoms with van der Waals surface area (Å²) < 4.78 is 7.83. The number of nitrogens with one attached hydrogen (secondary N) is 1. The topological polar surface area (TPSA) is 26.2 Å². The van der Waals surface area contributed by atoms with Crippen LogP contribution in [0.3, 0.4) is 0 Å². The van der Waals surface area contributed by atoms with Crippen molar-refractivity contribution in [1.82, 2.24) is 9.88 Å². The fraction of sp³-hybridized carbons (Fsp3) is 0.444. The van der Waals surface area contributed by atoms with Crippen LogP contribution >= 0.6 is 0 Å². The summed E-state index contributed by atoms with van der Waals surface area (Å²) in [7, 11) is 0. The molecule has 2 aromatic rings. The Labute approximate surface area is 126 Å². The highest BCUT2D eigenvalue weighted by atomic mass is 16.5. The van der Waals surface area contributed by atoms with Gasteiger partial charge in [0.2, 0.25) is 0 Å². The van der Waals surface area contributed by atoms with Gasteiger partial charge in [0.1, 0.15) is 0 Å². The molecular weight excluding hydrogens is 260 g/mol. The molecule has 0 saturated carbocycles. The molecule has 0 amide bonds. The first-order valence-electron chi connectivity index (χ1n) is 7.65. The Morgan fingerprint density at radius 3 is 2.67 bits per heavy atom. The summed E-state index contributed by atoms with van der Waals surface area (Å²) in [6.45, 7) is 9.19. The van der Waals surface area contributed by atoms with Gasteiger partial charge in [-0.1, -0.05) is 18.2 Å². The van der Waals surface area contributed by atoms with E-state index in [0.717, 1.165) is 26.2 Å². The summed E-state index contributed by atoms with van der Waals surface area (Å²) in [6, 6.07) is 12.8. The average Bonchev–Trinajstić information content (AvgIpc) is 3.03. The smallest absolute Gasteiger partial charge is 0.0646 e. The Morgan fingerprint density at radius 1 is 1.24 bits per heavy atom. The summed E-state index contributed by atoms with van der Waals surface area (Å²) in [4.78, 5) is 0. The second-order valence-electron chi connectivity index (χ2n) is 6.28. The molecule has 3 rings (SSSR count). The largest absolute Gasteiger partial charge is 0.379 e. The summed E-state index contributed by atoms with van der Waals surface area (Å²) >= 11 is 0. The Kier molecular flexibility index (Phi) is 3.87. The van der Waals surface area contributed by atoms with Gasteiger partial charge in [0, 0.05) is 35.8 Å². The zero-order chi connectivity index (χ0) is 14.9. The van der Waals surface area contributed by atoms with E-state index in [1.54, 1.807) is 0 Å². The summed E-state index contributed by atoms with van der Waals surface area (Å²) in [5.74, 6) is 0. The van der Waals surface area contributed by atoms with Crippen molar-refractivity contribution < 1.29 is 4.74 Å². The van der Waals surface area contributed by atoms with E-state index in [2.05, 4.69) is 67.1 Å². The number of hydrogen-bond acceptors (Lipinski definition) is 2. The van der Waals surface area contributed by atoms with Crippen molar-refractivity contribution in [3.63, 3.8) is 0 Å². The fourth-order valence-corrected chi connectivity index (χ4v) is 3.10. The van der Waals surface area contributed by atoms with E-state index in [1.165, 1.54) is 22.6 Å². The van der Waals surface area contributed by atoms with E-state index in [4.69, 9.17) is 4.74 Å². The number of aryl methyl sites for hydroxylation is 1. The highest BCUT2D eigenvalue weighted by Gasteiger charge is 2.29. The van der Waals surface area contributed by atoms with Crippen LogP contribution in [0.4, 0.5) is 0 Å². The molecule has 1 N–H and O–H groups in total. The van der Waals surface area contributed by atoms with Gasteiger partial charge < -0.3 is 14.6 Å². The first-order valence-corrected chi connectivity index (χ1v) is 7.65. The SMILES string of the molecule is Cc1cc(CNC2(C)CCOC2)c(C)n1-c1ccccc1. The quantitative estimate of drug-likeness (QED) is 0.931. The fourth-order valence-electron chi connectivity index (χ4n) is 3.10. The molecule has 1 atom stereocenters. The van der Waals surface area contributed by atoms with Crippen LogP contribution < -0.4 is 5.32 Å². The van der Waals surface area contributed by atoms with Gasteiger partial charge in [-0.3, -0.25) is 0 Å². The van der Waals surface area contributed by atoms with Crippen molar-refractivity contribution in [3.05, 3.63) is 53.3 Å². The number of para-hydroxylation sites is 1. The van der Waals surface area contributed by atoms with Gasteiger partial charge in [-0.15, -0.1) is 0 Å². The van der Waals surface area contributed by atoms with Gasteiger partial charge in [-0.05, 0) is 51.0 Å². The predicted molar refractivity (Wildman–Crippen MR) is 85.9 cm³/mol. The first-order chi connectivity index (χ1) is 10.1. The van der Waals surface area contributed by atoms with E-state index in [-0.39, 0.29) is 5.54 Å². The second kappa shape index (κ2) is 5.66. The van der Waals surface area contributed by atoms with E-state index in [9.17, 15) is 0 Å². The molecule has 0 bridgehead atoms. The molecule has 21 heavy (non-hydrogen) atoms. The van der Waals surface area contributed by atoms with Crippen LogP contribution in [-0.2, 0) is 11.3 Å². The summed E-state index contributed by atoms with van der Waals surface area (Å²) in [5, 5.41) is 3.67. The van der Waals surface area contributed by atoms with Crippen LogP contribution in [0.5, 0.6) is 0 Å². The van der Waals surface area contributed by atoms with E-state index in [1.807, 2.05) is 0 Å². The van der Waals surface area contributed by atoms with Gasteiger partial charge in [0.05, 0.1) is 6.61 Å². The zero-order valence-electron chi connectivity index (χ0n) is 13.1. The minimum Gasteiger partial charge on any atom is -0.379 e. The van der Waals surface area contributed by atoms with E-state index < -0.39 is 0 Å². The van der Waals surface area contributed by atoms with Crippen molar-refractivity contribution in [3.8, 4) is 5.69 Å². The molecule has 2 heterocycles. The van der Waals surface area contributed by atoms with Crippen molar-refractivity contribution >= 4 is 0 Å².